The summed E-state index contributed by atoms with van der Waals surface area (Å²) < 4.78 is 18.5. The molecule has 2 aromatic carbocycles. The average Bonchev–Trinajstić information content (AvgIpc) is 3.32. The lowest BCUT2D eigenvalue weighted by Crippen LogP contribution is -2.13. The van der Waals surface area contributed by atoms with E-state index in [-0.39, 0.29) is 37.9 Å². The van der Waals surface area contributed by atoms with Crippen LogP contribution in [0.25, 0.3) is 10.9 Å². The summed E-state index contributed by atoms with van der Waals surface area (Å²) in [7, 11) is 1.53. The Kier molecular flexibility index (Phi) is 7.51. The van der Waals surface area contributed by atoms with E-state index in [1.165, 1.54) is 13.4 Å². The van der Waals surface area contributed by atoms with E-state index in [1.807, 2.05) is 32.2 Å². The lowest BCUT2D eigenvalue weighted by Gasteiger charge is -2.13. The summed E-state index contributed by atoms with van der Waals surface area (Å²) in [4.78, 5) is 21.0. The van der Waals surface area contributed by atoms with Gasteiger partial charge in [0.05, 0.1) is 30.3 Å². The average molecular weight is 478 g/mol. The van der Waals surface area contributed by atoms with E-state index in [4.69, 9.17) is 19.3 Å². The van der Waals surface area contributed by atoms with Crippen LogP contribution in [0.3, 0.4) is 0 Å². The highest BCUT2D eigenvalue weighted by atomic mass is 16.5. The van der Waals surface area contributed by atoms with E-state index in [9.17, 15) is 4.79 Å². The first-order valence-corrected chi connectivity index (χ1v) is 11.2. The molecule has 0 spiro atoms. The number of ether oxygens (including phenoxy) is 3. The molecule has 0 amide bonds. The summed E-state index contributed by atoms with van der Waals surface area (Å²) in [6.07, 6.45) is 3.49. The lowest BCUT2D eigenvalue weighted by atomic mass is 10.1. The van der Waals surface area contributed by atoms with Gasteiger partial charge in [-0.05, 0) is 29.7 Å². The van der Waals surface area contributed by atoms with Gasteiger partial charge in [-0.3, -0.25) is 4.79 Å². The number of methoxy groups -OCH3 is 1. The number of benzene rings is 2. The molecule has 0 saturated heterocycles. The molecule has 0 unspecified atom stereocenters. The van der Waals surface area contributed by atoms with Crippen LogP contribution in [-0.2, 0) is 17.8 Å². The zero-order valence-electron chi connectivity index (χ0n) is 19.8. The van der Waals surface area contributed by atoms with Gasteiger partial charge in [-0.25, -0.2) is 14.6 Å². The highest BCUT2D eigenvalue weighted by Gasteiger charge is 2.14. The Labute approximate surface area is 202 Å². The van der Waals surface area contributed by atoms with Crippen molar-refractivity contribution in [2.24, 2.45) is 0 Å². The van der Waals surface area contributed by atoms with Gasteiger partial charge < -0.3 is 19.3 Å². The van der Waals surface area contributed by atoms with E-state index in [2.05, 4.69) is 20.3 Å². The van der Waals surface area contributed by atoms with Crippen molar-refractivity contribution < 1.29 is 24.1 Å². The number of carbonyl (C=O) groups excluding carboxylic acids is 1. The summed E-state index contributed by atoms with van der Waals surface area (Å²) in [5.74, 6) is 2.18. The van der Waals surface area contributed by atoms with Gasteiger partial charge in [0.25, 0.3) is 0 Å². The van der Waals surface area contributed by atoms with E-state index >= 15 is 0 Å². The second-order valence-electron chi connectivity index (χ2n) is 8.23. The molecule has 4 rings (SSSR count). The van der Waals surface area contributed by atoms with Crippen LogP contribution in [0.15, 0.2) is 48.9 Å². The predicted molar refractivity (Wildman–Crippen MR) is 128 cm³/mol. The van der Waals surface area contributed by atoms with Crippen molar-refractivity contribution in [1.29, 1.82) is 0 Å². The minimum absolute atomic E-state index is 0.0342. The summed E-state index contributed by atoms with van der Waals surface area (Å²) >= 11 is 0. The molecule has 35 heavy (non-hydrogen) atoms. The summed E-state index contributed by atoms with van der Waals surface area (Å²) in [5, 5.41) is 17.8. The van der Waals surface area contributed by atoms with Crippen molar-refractivity contribution in [2.75, 3.05) is 20.3 Å². The van der Waals surface area contributed by atoms with Crippen molar-refractivity contribution in [3.63, 3.8) is 0 Å². The molecular formula is C25H27N5O5. The Morgan fingerprint density at radius 3 is 2.60 bits per heavy atom. The smallest absolute Gasteiger partial charge is 0.230 e. The van der Waals surface area contributed by atoms with Crippen LogP contribution in [-0.4, -0.2) is 56.2 Å². The number of fused-ring (bicyclic) bond motifs is 1. The largest absolute Gasteiger partial charge is 0.493 e. The fraction of sp³-hybridized carbons (Fsp3) is 0.320. The third-order valence-corrected chi connectivity index (χ3v) is 5.26. The molecule has 0 aliphatic carbocycles. The predicted octanol–water partition coefficient (Wildman–Crippen LogP) is 3.33. The molecule has 4 aromatic rings. The summed E-state index contributed by atoms with van der Waals surface area (Å²) in [6.45, 7) is 4.27. The minimum atomic E-state index is -0.111. The quantitative estimate of drug-likeness (QED) is 0.347. The van der Waals surface area contributed by atoms with E-state index < -0.39 is 0 Å². The fourth-order valence-corrected chi connectivity index (χ4v) is 3.46. The second kappa shape index (κ2) is 10.9. The van der Waals surface area contributed by atoms with Gasteiger partial charge in [-0.2, -0.15) is 0 Å². The molecule has 0 saturated carbocycles. The number of aromatic nitrogens is 5. The first-order valence-electron chi connectivity index (χ1n) is 11.2. The molecular weight excluding hydrogens is 450 g/mol. The number of carbonyl (C=O) groups is 1. The molecule has 0 aliphatic rings. The zero-order valence-corrected chi connectivity index (χ0v) is 19.8. The van der Waals surface area contributed by atoms with Crippen molar-refractivity contribution in [3.8, 4) is 23.1 Å². The molecule has 10 heteroatoms. The molecule has 1 N–H and O–H groups in total. The molecule has 0 radical (unpaired) electrons. The number of ketones is 1. The van der Waals surface area contributed by atoms with Crippen LogP contribution >= 0.6 is 0 Å². The van der Waals surface area contributed by atoms with E-state index in [0.717, 1.165) is 11.3 Å². The minimum Gasteiger partial charge on any atom is -0.493 e. The number of nitrogens with zero attached hydrogens (tertiary/aromatic N) is 5. The van der Waals surface area contributed by atoms with Crippen LogP contribution < -0.4 is 14.2 Å². The van der Waals surface area contributed by atoms with Gasteiger partial charge in [0.2, 0.25) is 5.88 Å². The highest BCUT2D eigenvalue weighted by molar-refractivity contribution is 5.87. The number of hydrogen-bond donors (Lipinski definition) is 1. The van der Waals surface area contributed by atoms with Gasteiger partial charge in [0.1, 0.15) is 25.2 Å². The number of Topliss-reactive ketones (excluding diaryl/α,β-unsaturated/α-hetero) is 1. The van der Waals surface area contributed by atoms with Crippen molar-refractivity contribution in [1.82, 2.24) is 25.0 Å². The van der Waals surface area contributed by atoms with Gasteiger partial charge in [0, 0.05) is 18.7 Å². The topological polar surface area (TPSA) is 121 Å². The first-order chi connectivity index (χ1) is 17.0. The maximum Gasteiger partial charge on any atom is 0.230 e. The van der Waals surface area contributed by atoms with Crippen LogP contribution in [0.1, 0.15) is 31.0 Å². The van der Waals surface area contributed by atoms with E-state index in [0.29, 0.717) is 34.0 Å². The second-order valence-corrected chi connectivity index (χ2v) is 8.23. The molecule has 2 aromatic heterocycles. The fourth-order valence-electron chi connectivity index (χ4n) is 3.46. The number of aliphatic hydroxyl groups excluding tert-OH is 1. The van der Waals surface area contributed by atoms with Crippen molar-refractivity contribution in [2.45, 2.75) is 32.7 Å². The van der Waals surface area contributed by atoms with E-state index in [1.54, 1.807) is 28.9 Å². The molecule has 2 heterocycles. The Balaban J connectivity index is 1.45. The Morgan fingerprint density at radius 1 is 1.11 bits per heavy atom. The van der Waals surface area contributed by atoms with Crippen LogP contribution in [0.5, 0.6) is 23.1 Å². The van der Waals surface area contributed by atoms with Gasteiger partial charge in [0.15, 0.2) is 17.3 Å². The zero-order chi connectivity index (χ0) is 24.8. The van der Waals surface area contributed by atoms with Crippen LogP contribution in [0.2, 0.25) is 0 Å². The molecule has 182 valence electrons. The Morgan fingerprint density at radius 2 is 1.91 bits per heavy atom. The molecule has 0 bridgehead atoms. The normalized spacial score (nSPS) is 11.1. The summed E-state index contributed by atoms with van der Waals surface area (Å²) in [6, 6.07) is 10.7. The van der Waals surface area contributed by atoms with Crippen LogP contribution in [0.4, 0.5) is 0 Å². The monoisotopic (exact) mass is 477 g/mol. The molecule has 0 fully saturated rings. The Bertz CT molecular complexity index is 1300. The van der Waals surface area contributed by atoms with Gasteiger partial charge in [-0.1, -0.05) is 31.2 Å². The maximum absolute atomic E-state index is 12.5. The third kappa shape index (κ3) is 5.90. The van der Waals surface area contributed by atoms with Crippen molar-refractivity contribution in [3.05, 3.63) is 60.2 Å². The third-order valence-electron chi connectivity index (χ3n) is 5.26. The number of rotatable bonds is 11. The molecule has 0 atom stereocenters. The standard InChI is InChI=1S/C25H27N5O5/c1-16(2)22-14-30(29-28-22)13-18(32)10-17-4-6-19(7-5-17)35-25-20-11-23(33-3)24(34-9-8-31)12-21(20)26-15-27-25/h4-7,11-12,14-16,31H,8-10,13H2,1-3H3. The Hall–Kier alpha value is -4.05. The SMILES string of the molecule is COc1cc2c(Oc3ccc(CC(=O)Cn4cc(C(C)C)nn4)cc3)ncnc2cc1OCCO. The lowest BCUT2D eigenvalue weighted by molar-refractivity contribution is -0.119. The first kappa shape index (κ1) is 24.1. The summed E-state index contributed by atoms with van der Waals surface area (Å²) in [5.41, 5.74) is 2.34. The number of aliphatic hydroxyl groups is 1. The van der Waals surface area contributed by atoms with Crippen LogP contribution in [0, 0.1) is 0 Å². The molecule has 10 nitrogen and oxygen atoms in total. The highest BCUT2D eigenvalue weighted by Crippen LogP contribution is 2.36. The molecule has 0 aliphatic heterocycles. The van der Waals surface area contributed by atoms with Crippen molar-refractivity contribution >= 4 is 16.7 Å². The van der Waals surface area contributed by atoms with Gasteiger partial charge >= 0.3 is 0 Å². The number of hydrogen-bond acceptors (Lipinski definition) is 9. The maximum atomic E-state index is 12.5. The van der Waals surface area contributed by atoms with Gasteiger partial charge in [-0.15, -0.1) is 5.10 Å².